The molecular formula is C33H28N4OS. The SMILES string of the molecule is CSc1ccc(/C=C/c2ccc3nc4c(oc5ccccc54)c(N4CCN(c5ccccn5)CC4)c3c2)cc1. The molecule has 0 unspecified atom stereocenters. The highest BCUT2D eigenvalue weighted by Crippen LogP contribution is 2.40. The number of thioether (sulfide) groups is 1. The predicted molar refractivity (Wildman–Crippen MR) is 165 cm³/mol. The van der Waals surface area contributed by atoms with Crippen LogP contribution in [0.15, 0.2) is 100 Å². The molecule has 7 rings (SSSR count). The second kappa shape index (κ2) is 10.1. The van der Waals surface area contributed by atoms with E-state index < -0.39 is 0 Å². The number of rotatable bonds is 5. The van der Waals surface area contributed by atoms with E-state index in [1.807, 2.05) is 30.5 Å². The van der Waals surface area contributed by atoms with Crippen LogP contribution < -0.4 is 9.80 Å². The van der Waals surface area contributed by atoms with E-state index in [0.717, 1.165) is 76.2 Å². The van der Waals surface area contributed by atoms with Gasteiger partial charge in [0.15, 0.2) is 5.58 Å². The van der Waals surface area contributed by atoms with Gasteiger partial charge >= 0.3 is 0 Å². The summed E-state index contributed by atoms with van der Waals surface area (Å²) in [6, 6.07) is 29.5. The molecule has 0 radical (unpaired) electrons. The normalized spacial score (nSPS) is 14.3. The first kappa shape index (κ1) is 23.8. The van der Waals surface area contributed by atoms with Crippen LogP contribution in [0.25, 0.3) is 45.1 Å². The van der Waals surface area contributed by atoms with Crippen molar-refractivity contribution < 1.29 is 4.42 Å². The molecule has 0 saturated carbocycles. The fourth-order valence-electron chi connectivity index (χ4n) is 5.41. The Kier molecular flexibility index (Phi) is 6.17. The quantitative estimate of drug-likeness (QED) is 0.168. The molecule has 5 nitrogen and oxygen atoms in total. The molecule has 3 aromatic heterocycles. The zero-order chi connectivity index (χ0) is 26.2. The van der Waals surface area contributed by atoms with Crippen molar-refractivity contribution in [1.29, 1.82) is 0 Å². The zero-order valence-electron chi connectivity index (χ0n) is 21.7. The van der Waals surface area contributed by atoms with Gasteiger partial charge in [-0.15, -0.1) is 11.8 Å². The number of fused-ring (bicyclic) bond motifs is 4. The molecule has 4 heterocycles. The number of furan rings is 1. The van der Waals surface area contributed by atoms with Crippen LogP contribution >= 0.6 is 11.8 Å². The Morgan fingerprint density at radius 1 is 0.769 bits per heavy atom. The Morgan fingerprint density at radius 3 is 2.31 bits per heavy atom. The first-order valence-electron chi connectivity index (χ1n) is 13.2. The van der Waals surface area contributed by atoms with E-state index in [-0.39, 0.29) is 0 Å². The van der Waals surface area contributed by atoms with E-state index in [1.165, 1.54) is 10.5 Å². The fraction of sp³-hybridized carbons (Fsp3) is 0.152. The molecule has 0 spiro atoms. The summed E-state index contributed by atoms with van der Waals surface area (Å²) in [5.41, 5.74) is 7.11. The van der Waals surface area contributed by atoms with Gasteiger partial charge in [-0.2, -0.15) is 0 Å². The molecule has 3 aromatic carbocycles. The van der Waals surface area contributed by atoms with Crippen LogP contribution in [0.1, 0.15) is 11.1 Å². The van der Waals surface area contributed by atoms with E-state index in [4.69, 9.17) is 9.40 Å². The van der Waals surface area contributed by atoms with Crippen LogP contribution in [0.4, 0.5) is 11.5 Å². The van der Waals surface area contributed by atoms with Gasteiger partial charge in [0.2, 0.25) is 0 Å². The van der Waals surface area contributed by atoms with Crippen LogP contribution in [0, 0.1) is 0 Å². The van der Waals surface area contributed by atoms with Crippen LogP contribution in [-0.4, -0.2) is 42.4 Å². The van der Waals surface area contributed by atoms with E-state index >= 15 is 0 Å². The van der Waals surface area contributed by atoms with Gasteiger partial charge in [-0.05, 0) is 65.9 Å². The van der Waals surface area contributed by atoms with Gasteiger partial charge in [0.25, 0.3) is 0 Å². The number of anilines is 2. The molecular weight excluding hydrogens is 500 g/mol. The van der Waals surface area contributed by atoms with Crippen LogP contribution in [0.5, 0.6) is 0 Å². The molecule has 1 aliphatic heterocycles. The van der Waals surface area contributed by atoms with Gasteiger partial charge in [-0.25, -0.2) is 9.97 Å². The summed E-state index contributed by atoms with van der Waals surface area (Å²) in [6.45, 7) is 3.55. The van der Waals surface area contributed by atoms with Crippen molar-refractivity contribution in [3.8, 4) is 0 Å². The molecule has 6 heteroatoms. The van der Waals surface area contributed by atoms with E-state index in [2.05, 4.69) is 93.9 Å². The monoisotopic (exact) mass is 528 g/mol. The minimum absolute atomic E-state index is 0.865. The Hall–Kier alpha value is -4.29. The van der Waals surface area contributed by atoms with Crippen LogP contribution in [0.2, 0.25) is 0 Å². The molecule has 1 saturated heterocycles. The minimum atomic E-state index is 0.865. The third-order valence-electron chi connectivity index (χ3n) is 7.45. The number of pyridine rings is 2. The lowest BCUT2D eigenvalue weighted by Gasteiger charge is -2.37. The molecule has 0 bridgehead atoms. The van der Waals surface area contributed by atoms with Gasteiger partial charge in [-0.1, -0.05) is 48.6 Å². The maximum absolute atomic E-state index is 6.50. The van der Waals surface area contributed by atoms with Crippen molar-refractivity contribution in [2.24, 2.45) is 0 Å². The molecule has 1 fully saturated rings. The maximum atomic E-state index is 6.50. The molecule has 1 aliphatic rings. The van der Waals surface area contributed by atoms with Crippen molar-refractivity contribution >= 4 is 68.4 Å². The van der Waals surface area contributed by atoms with Gasteiger partial charge in [0, 0.05) is 48.0 Å². The number of aromatic nitrogens is 2. The third kappa shape index (κ3) is 4.51. The van der Waals surface area contributed by atoms with Gasteiger partial charge in [0.1, 0.15) is 16.9 Å². The molecule has 0 amide bonds. The summed E-state index contributed by atoms with van der Waals surface area (Å²) >= 11 is 1.76. The van der Waals surface area contributed by atoms with Gasteiger partial charge in [-0.3, -0.25) is 0 Å². The van der Waals surface area contributed by atoms with Crippen LogP contribution in [0.3, 0.4) is 0 Å². The lowest BCUT2D eigenvalue weighted by atomic mass is 10.1. The number of benzene rings is 3. The fourth-order valence-corrected chi connectivity index (χ4v) is 5.82. The highest BCUT2D eigenvalue weighted by molar-refractivity contribution is 7.98. The summed E-state index contributed by atoms with van der Waals surface area (Å²) in [6.07, 6.45) is 8.31. The van der Waals surface area contributed by atoms with Crippen LogP contribution in [-0.2, 0) is 0 Å². The maximum Gasteiger partial charge on any atom is 0.177 e. The van der Waals surface area contributed by atoms with Crippen molar-refractivity contribution in [1.82, 2.24) is 9.97 Å². The molecule has 39 heavy (non-hydrogen) atoms. The molecule has 0 atom stereocenters. The number of hydrogen-bond acceptors (Lipinski definition) is 6. The molecule has 192 valence electrons. The lowest BCUT2D eigenvalue weighted by molar-refractivity contribution is 0.634. The lowest BCUT2D eigenvalue weighted by Crippen LogP contribution is -2.47. The minimum Gasteiger partial charge on any atom is -0.452 e. The number of hydrogen-bond donors (Lipinski definition) is 0. The first-order valence-corrected chi connectivity index (χ1v) is 14.5. The Labute approximate surface area is 231 Å². The van der Waals surface area contributed by atoms with Gasteiger partial charge in [0.05, 0.1) is 11.2 Å². The Morgan fingerprint density at radius 2 is 1.51 bits per heavy atom. The van der Waals surface area contributed by atoms with Gasteiger partial charge < -0.3 is 14.2 Å². The van der Waals surface area contributed by atoms with Crippen molar-refractivity contribution in [3.63, 3.8) is 0 Å². The predicted octanol–water partition coefficient (Wildman–Crippen LogP) is 7.75. The average molecular weight is 529 g/mol. The summed E-state index contributed by atoms with van der Waals surface area (Å²) in [4.78, 5) is 15.7. The van der Waals surface area contributed by atoms with Crippen molar-refractivity contribution in [2.75, 3.05) is 42.2 Å². The first-order chi connectivity index (χ1) is 19.3. The highest BCUT2D eigenvalue weighted by Gasteiger charge is 2.25. The largest absolute Gasteiger partial charge is 0.452 e. The number of piperazine rings is 1. The third-order valence-corrected chi connectivity index (χ3v) is 8.19. The Bertz CT molecular complexity index is 1800. The van der Waals surface area contributed by atoms with Crippen molar-refractivity contribution in [3.05, 3.63) is 102 Å². The molecule has 6 aromatic rings. The summed E-state index contributed by atoms with van der Waals surface area (Å²) < 4.78 is 6.50. The second-order valence-corrected chi connectivity index (χ2v) is 10.7. The van der Waals surface area contributed by atoms with E-state index in [9.17, 15) is 0 Å². The number of para-hydroxylation sites is 1. The smallest absolute Gasteiger partial charge is 0.177 e. The summed E-state index contributed by atoms with van der Waals surface area (Å²) in [7, 11) is 0. The second-order valence-electron chi connectivity index (χ2n) is 9.78. The van der Waals surface area contributed by atoms with Crippen molar-refractivity contribution in [2.45, 2.75) is 4.90 Å². The average Bonchev–Trinajstić information content (AvgIpc) is 3.37. The van der Waals surface area contributed by atoms with E-state index in [1.54, 1.807) is 11.8 Å². The molecule has 0 aliphatic carbocycles. The topological polar surface area (TPSA) is 45.4 Å². The summed E-state index contributed by atoms with van der Waals surface area (Å²) in [5.74, 6) is 1.03. The van der Waals surface area contributed by atoms with E-state index in [0.29, 0.717) is 0 Å². The highest BCUT2D eigenvalue weighted by atomic mass is 32.2. The molecule has 0 N–H and O–H groups in total. The number of nitrogens with zero attached hydrogens (tertiary/aromatic N) is 4. The standard InChI is InChI=1S/C33H28N4OS/c1-39-25-14-11-23(12-15-25)9-10-24-13-16-28-27(22-24)32(33-31(35-28)26-6-2-3-7-29(26)38-33)37-20-18-36(19-21-37)30-8-4-5-17-34-30/h2-17,22H,18-21H2,1H3/b10-9+. The zero-order valence-corrected chi connectivity index (χ0v) is 22.6. The Balaban J connectivity index is 1.31. The summed E-state index contributed by atoms with van der Waals surface area (Å²) in [5, 5.41) is 2.17.